The molecule has 2 fully saturated rings. The van der Waals surface area contributed by atoms with Crippen molar-refractivity contribution in [1.82, 2.24) is 9.80 Å². The first kappa shape index (κ1) is 22.4. The number of aliphatic hydroxyl groups excluding tert-OH is 1. The molecule has 4 aliphatic rings. The van der Waals surface area contributed by atoms with Gasteiger partial charge in [-0.3, -0.25) is 14.4 Å². The quantitative estimate of drug-likeness (QED) is 0.379. The minimum atomic E-state index is -0.766. The molecule has 170 valence electrons. The number of cyclic esters (lactones) is 1. The first-order valence-electron chi connectivity index (χ1n) is 11.3. The molecular formula is C23H32N2O5S. The summed E-state index contributed by atoms with van der Waals surface area (Å²) in [6, 6.07) is -0.609. The second-order valence-electron chi connectivity index (χ2n) is 9.03. The van der Waals surface area contributed by atoms with Crippen molar-refractivity contribution in [2.45, 2.75) is 61.6 Å². The number of amides is 2. The molecule has 4 heterocycles. The van der Waals surface area contributed by atoms with Gasteiger partial charge in [0.05, 0.1) is 23.2 Å². The average molecular weight is 449 g/mol. The van der Waals surface area contributed by atoms with E-state index in [9.17, 15) is 14.4 Å². The fourth-order valence-electron chi connectivity index (χ4n) is 5.40. The number of aliphatic hydroxyl groups is 1. The third-order valence-corrected chi connectivity index (χ3v) is 8.58. The van der Waals surface area contributed by atoms with Crippen LogP contribution in [0.4, 0.5) is 0 Å². The van der Waals surface area contributed by atoms with Gasteiger partial charge in [-0.1, -0.05) is 24.3 Å². The highest BCUT2D eigenvalue weighted by Gasteiger charge is 2.70. The molecule has 0 bridgehead atoms. The molecule has 8 heteroatoms. The van der Waals surface area contributed by atoms with Crippen molar-refractivity contribution >= 4 is 29.5 Å². The van der Waals surface area contributed by atoms with Crippen LogP contribution < -0.4 is 0 Å². The molecule has 0 aromatic carbocycles. The third kappa shape index (κ3) is 3.71. The molecule has 0 saturated carbocycles. The molecule has 1 spiro atoms. The number of fused-ring (bicyclic) bond motifs is 2. The Morgan fingerprint density at radius 2 is 2.00 bits per heavy atom. The maximum Gasteiger partial charge on any atom is 0.311 e. The summed E-state index contributed by atoms with van der Waals surface area (Å²) in [5.41, 5.74) is 0. The van der Waals surface area contributed by atoms with Gasteiger partial charge >= 0.3 is 5.97 Å². The van der Waals surface area contributed by atoms with Crippen LogP contribution in [-0.2, 0) is 19.1 Å². The van der Waals surface area contributed by atoms with Gasteiger partial charge in [0.1, 0.15) is 6.04 Å². The Balaban J connectivity index is 1.75. The zero-order valence-corrected chi connectivity index (χ0v) is 19.1. The van der Waals surface area contributed by atoms with Crippen LogP contribution in [0.25, 0.3) is 0 Å². The van der Waals surface area contributed by atoms with Crippen LogP contribution in [0.5, 0.6) is 0 Å². The number of carbonyl (C=O) groups excluding carboxylic acids is 3. The lowest BCUT2D eigenvalue weighted by Gasteiger charge is -2.36. The summed E-state index contributed by atoms with van der Waals surface area (Å²) >= 11 is 1.58. The van der Waals surface area contributed by atoms with Crippen LogP contribution >= 0.6 is 11.8 Å². The van der Waals surface area contributed by atoms with E-state index in [2.05, 4.69) is 0 Å². The molecule has 1 unspecified atom stereocenters. The third-order valence-electron chi connectivity index (χ3n) is 6.83. The van der Waals surface area contributed by atoms with Crippen LogP contribution in [0.3, 0.4) is 0 Å². The predicted octanol–water partition coefficient (Wildman–Crippen LogP) is 1.76. The molecule has 0 aromatic rings. The summed E-state index contributed by atoms with van der Waals surface area (Å²) in [5.74, 6) is -1.68. The van der Waals surface area contributed by atoms with Crippen molar-refractivity contribution in [2.24, 2.45) is 11.8 Å². The van der Waals surface area contributed by atoms with Crippen LogP contribution in [0.2, 0.25) is 0 Å². The van der Waals surface area contributed by atoms with Gasteiger partial charge in [-0.2, -0.15) is 0 Å². The molecule has 2 amide bonds. The number of rotatable bonds is 6. The highest BCUT2D eigenvalue weighted by Crippen LogP contribution is 2.60. The number of ether oxygens (including phenoxy) is 1. The van der Waals surface area contributed by atoms with E-state index in [1.807, 2.05) is 43.1 Å². The van der Waals surface area contributed by atoms with E-state index in [-0.39, 0.29) is 35.7 Å². The molecule has 1 N–H and O–H groups in total. The minimum Gasteiger partial charge on any atom is -0.465 e. The molecule has 0 aliphatic carbocycles. The molecule has 5 atom stereocenters. The lowest BCUT2D eigenvalue weighted by Crippen LogP contribution is -2.54. The standard InChI is InChI=1S/C23H32N2O5S/c1-15(2)24-12-8-10-23-18(17-16(31-23)9-4-7-14-30-22(17)29)20(27)25(19(23)21(24)28)11-5-3-6-13-26/h4,8-10,15-19,26H,3,5-7,11-14H2,1-2H3/t16-,17+,18-,19?,23-/m0/s1. The molecule has 4 rings (SSSR count). The second kappa shape index (κ2) is 8.98. The fourth-order valence-corrected chi connectivity index (χ4v) is 7.40. The SMILES string of the molecule is CC(C)N1CC=C[C@]23S[C@H]4C=CCCOC(=O)[C@H]4[C@H]2C(=O)N(CCCCCO)C3C1=O. The second-order valence-corrected chi connectivity index (χ2v) is 10.5. The zero-order chi connectivity index (χ0) is 22.2. The van der Waals surface area contributed by atoms with E-state index < -0.39 is 22.6 Å². The first-order chi connectivity index (χ1) is 14.9. The number of hydrogen-bond acceptors (Lipinski definition) is 6. The van der Waals surface area contributed by atoms with E-state index >= 15 is 0 Å². The Hall–Kier alpha value is -1.80. The van der Waals surface area contributed by atoms with Crippen LogP contribution in [0.1, 0.15) is 39.5 Å². The van der Waals surface area contributed by atoms with Gasteiger partial charge in [-0.15, -0.1) is 11.8 Å². The van der Waals surface area contributed by atoms with E-state index in [0.717, 1.165) is 6.42 Å². The minimum absolute atomic E-state index is 0.0163. The number of esters is 1. The summed E-state index contributed by atoms with van der Waals surface area (Å²) < 4.78 is 4.71. The van der Waals surface area contributed by atoms with Gasteiger partial charge in [0.2, 0.25) is 11.8 Å². The Bertz CT molecular complexity index is 797. The normalized spacial score (nSPS) is 34.9. The predicted molar refractivity (Wildman–Crippen MR) is 118 cm³/mol. The Kier molecular flexibility index (Phi) is 6.49. The van der Waals surface area contributed by atoms with Crippen molar-refractivity contribution in [1.29, 1.82) is 0 Å². The molecule has 0 radical (unpaired) electrons. The summed E-state index contributed by atoms with van der Waals surface area (Å²) in [5, 5.41) is 8.92. The fraction of sp³-hybridized carbons (Fsp3) is 0.696. The monoisotopic (exact) mass is 448 g/mol. The Morgan fingerprint density at radius 3 is 2.74 bits per heavy atom. The number of carbonyl (C=O) groups is 3. The Morgan fingerprint density at radius 1 is 1.19 bits per heavy atom. The largest absolute Gasteiger partial charge is 0.465 e. The molecule has 7 nitrogen and oxygen atoms in total. The van der Waals surface area contributed by atoms with Crippen LogP contribution in [0, 0.1) is 11.8 Å². The number of nitrogens with zero attached hydrogens (tertiary/aromatic N) is 2. The topological polar surface area (TPSA) is 87.2 Å². The number of thioether (sulfide) groups is 1. The number of unbranched alkanes of at least 4 members (excludes halogenated alkanes) is 2. The van der Waals surface area contributed by atoms with Crippen LogP contribution in [-0.4, -0.2) is 81.1 Å². The molecular weight excluding hydrogens is 416 g/mol. The first-order valence-corrected chi connectivity index (χ1v) is 12.2. The van der Waals surface area contributed by atoms with Gasteiger partial charge in [-0.25, -0.2) is 0 Å². The smallest absolute Gasteiger partial charge is 0.311 e. The Labute approximate surface area is 187 Å². The molecule has 2 saturated heterocycles. The molecule has 0 aromatic heterocycles. The van der Waals surface area contributed by atoms with Crippen molar-refractivity contribution in [3.63, 3.8) is 0 Å². The van der Waals surface area contributed by atoms with Crippen molar-refractivity contribution in [2.75, 3.05) is 26.3 Å². The van der Waals surface area contributed by atoms with Crippen molar-refractivity contribution in [3.05, 3.63) is 24.3 Å². The van der Waals surface area contributed by atoms with Gasteiger partial charge in [0, 0.05) is 31.0 Å². The molecule has 4 aliphatic heterocycles. The summed E-state index contributed by atoms with van der Waals surface area (Å²) in [4.78, 5) is 44.1. The van der Waals surface area contributed by atoms with E-state index in [4.69, 9.17) is 9.84 Å². The number of hydrogen-bond donors (Lipinski definition) is 1. The maximum atomic E-state index is 13.8. The maximum absolute atomic E-state index is 13.8. The highest BCUT2D eigenvalue weighted by atomic mass is 32.2. The van der Waals surface area contributed by atoms with Gasteiger partial charge in [-0.05, 0) is 39.5 Å². The highest BCUT2D eigenvalue weighted by molar-refractivity contribution is 8.02. The molecule has 31 heavy (non-hydrogen) atoms. The lowest BCUT2D eigenvalue weighted by atomic mass is 9.78. The van der Waals surface area contributed by atoms with E-state index in [1.54, 1.807) is 16.7 Å². The summed E-state index contributed by atoms with van der Waals surface area (Å²) in [7, 11) is 0. The summed E-state index contributed by atoms with van der Waals surface area (Å²) in [6.45, 7) is 5.37. The zero-order valence-electron chi connectivity index (χ0n) is 18.2. The van der Waals surface area contributed by atoms with Crippen molar-refractivity contribution < 1.29 is 24.2 Å². The van der Waals surface area contributed by atoms with Gasteiger partial charge in [0.25, 0.3) is 0 Å². The lowest BCUT2D eigenvalue weighted by molar-refractivity contribution is -0.153. The number of likely N-dealkylation sites (tertiary alicyclic amines) is 1. The van der Waals surface area contributed by atoms with Crippen LogP contribution in [0.15, 0.2) is 24.3 Å². The van der Waals surface area contributed by atoms with Gasteiger partial charge < -0.3 is 19.6 Å². The summed E-state index contributed by atoms with van der Waals surface area (Å²) in [6.07, 6.45) is 10.9. The van der Waals surface area contributed by atoms with Gasteiger partial charge in [0.15, 0.2) is 0 Å². The van der Waals surface area contributed by atoms with E-state index in [0.29, 0.717) is 39.0 Å². The average Bonchev–Trinajstić information content (AvgIpc) is 3.09. The van der Waals surface area contributed by atoms with E-state index in [1.165, 1.54) is 0 Å². The van der Waals surface area contributed by atoms with Crippen molar-refractivity contribution in [3.8, 4) is 0 Å².